The van der Waals surface area contributed by atoms with Crippen molar-refractivity contribution in [3.05, 3.63) is 65.8 Å². The summed E-state index contributed by atoms with van der Waals surface area (Å²) < 4.78 is 5.41. The van der Waals surface area contributed by atoms with Crippen LogP contribution in [-0.4, -0.2) is 17.7 Å². The van der Waals surface area contributed by atoms with Crippen LogP contribution in [0.1, 0.15) is 0 Å². The molecule has 3 rings (SSSR count). The molecule has 2 N–H and O–H groups in total. The highest BCUT2D eigenvalue weighted by Gasteiger charge is 2.06. The summed E-state index contributed by atoms with van der Waals surface area (Å²) in [5.74, 6) is 0.626. The van der Waals surface area contributed by atoms with E-state index in [1.165, 1.54) is 0 Å². The Morgan fingerprint density at radius 1 is 1.09 bits per heavy atom. The molecule has 0 fully saturated rings. The predicted molar refractivity (Wildman–Crippen MR) is 90.8 cm³/mol. The van der Waals surface area contributed by atoms with Gasteiger partial charge in [-0.3, -0.25) is 4.98 Å². The van der Waals surface area contributed by atoms with Crippen LogP contribution in [0.2, 0.25) is 5.02 Å². The second kappa shape index (κ2) is 6.98. The minimum Gasteiger partial charge on any atom is -0.473 e. The molecule has 0 aliphatic heterocycles. The molecule has 0 bridgehead atoms. The molecule has 2 aromatic carbocycles. The number of pyridine rings is 1. The number of halogens is 1. The SMILES string of the molecule is O=C(NCOc1ccc(Cl)cc1)Nc1cccc2cccnc12. The number of hydrogen-bond acceptors (Lipinski definition) is 3. The number of amides is 2. The van der Waals surface area contributed by atoms with Gasteiger partial charge in [0.1, 0.15) is 5.75 Å². The fourth-order valence-electron chi connectivity index (χ4n) is 2.09. The molecule has 0 radical (unpaired) electrons. The van der Waals surface area contributed by atoms with Crippen molar-refractivity contribution in [1.29, 1.82) is 0 Å². The summed E-state index contributed by atoms with van der Waals surface area (Å²) in [5, 5.41) is 6.98. The Morgan fingerprint density at radius 2 is 1.87 bits per heavy atom. The lowest BCUT2D eigenvalue weighted by atomic mass is 10.2. The molecule has 5 nitrogen and oxygen atoms in total. The summed E-state index contributed by atoms with van der Waals surface area (Å²) >= 11 is 5.79. The largest absolute Gasteiger partial charge is 0.473 e. The lowest BCUT2D eigenvalue weighted by Crippen LogP contribution is -2.32. The van der Waals surface area contributed by atoms with Crippen molar-refractivity contribution in [2.24, 2.45) is 0 Å². The monoisotopic (exact) mass is 327 g/mol. The second-order valence-corrected chi connectivity index (χ2v) is 5.19. The standard InChI is InChI=1S/C17H14ClN3O2/c18-13-6-8-14(9-7-13)23-11-20-17(22)21-15-5-1-3-12-4-2-10-19-16(12)15/h1-10H,11H2,(H2,20,21,22). The maximum atomic E-state index is 11.9. The molecular formula is C17H14ClN3O2. The van der Waals surface area contributed by atoms with Gasteiger partial charge >= 0.3 is 6.03 Å². The number of carbonyl (C=O) groups is 1. The lowest BCUT2D eigenvalue weighted by molar-refractivity contribution is 0.234. The van der Waals surface area contributed by atoms with Crippen LogP contribution in [-0.2, 0) is 0 Å². The summed E-state index contributed by atoms with van der Waals surface area (Å²) in [5.41, 5.74) is 1.39. The van der Waals surface area contributed by atoms with E-state index in [0.29, 0.717) is 16.5 Å². The normalized spacial score (nSPS) is 10.3. The molecule has 6 heteroatoms. The van der Waals surface area contributed by atoms with E-state index in [0.717, 1.165) is 10.9 Å². The van der Waals surface area contributed by atoms with Gasteiger partial charge in [-0.2, -0.15) is 0 Å². The molecule has 0 spiro atoms. The lowest BCUT2D eigenvalue weighted by Gasteiger charge is -2.10. The zero-order valence-corrected chi connectivity index (χ0v) is 12.9. The third-order valence-electron chi connectivity index (χ3n) is 3.17. The third-order valence-corrected chi connectivity index (χ3v) is 3.42. The first-order chi connectivity index (χ1) is 11.2. The fourth-order valence-corrected chi connectivity index (χ4v) is 2.21. The van der Waals surface area contributed by atoms with E-state index < -0.39 is 0 Å². The van der Waals surface area contributed by atoms with Gasteiger partial charge in [-0.1, -0.05) is 29.8 Å². The maximum absolute atomic E-state index is 11.9. The topological polar surface area (TPSA) is 63.2 Å². The Hall–Kier alpha value is -2.79. The Morgan fingerprint density at radius 3 is 2.70 bits per heavy atom. The van der Waals surface area contributed by atoms with Crippen LogP contribution in [0.25, 0.3) is 10.9 Å². The molecule has 0 saturated carbocycles. The van der Waals surface area contributed by atoms with Gasteiger partial charge in [0.05, 0.1) is 11.2 Å². The van der Waals surface area contributed by atoms with Crippen molar-refractivity contribution in [2.45, 2.75) is 0 Å². The number of benzene rings is 2. The van der Waals surface area contributed by atoms with Crippen LogP contribution in [0.15, 0.2) is 60.8 Å². The van der Waals surface area contributed by atoms with Gasteiger partial charge in [0, 0.05) is 16.6 Å². The molecule has 0 atom stereocenters. The van der Waals surface area contributed by atoms with Crippen LogP contribution in [0.4, 0.5) is 10.5 Å². The first-order valence-corrected chi connectivity index (χ1v) is 7.37. The molecule has 116 valence electrons. The van der Waals surface area contributed by atoms with Gasteiger partial charge in [0.15, 0.2) is 6.73 Å². The van der Waals surface area contributed by atoms with Gasteiger partial charge in [0.2, 0.25) is 0 Å². The van der Waals surface area contributed by atoms with Crippen molar-refractivity contribution in [3.63, 3.8) is 0 Å². The van der Waals surface area contributed by atoms with Crippen molar-refractivity contribution in [2.75, 3.05) is 12.0 Å². The van der Waals surface area contributed by atoms with Crippen LogP contribution >= 0.6 is 11.6 Å². The van der Waals surface area contributed by atoms with Crippen LogP contribution in [0.5, 0.6) is 5.75 Å². The van der Waals surface area contributed by atoms with E-state index in [9.17, 15) is 4.79 Å². The van der Waals surface area contributed by atoms with Crippen molar-refractivity contribution < 1.29 is 9.53 Å². The maximum Gasteiger partial charge on any atom is 0.321 e. The molecule has 0 aliphatic rings. The Kier molecular flexibility index (Phi) is 4.59. The minimum absolute atomic E-state index is 0.0473. The first-order valence-electron chi connectivity index (χ1n) is 6.99. The number of hydrogen-bond donors (Lipinski definition) is 2. The van der Waals surface area contributed by atoms with Crippen LogP contribution < -0.4 is 15.4 Å². The third kappa shape index (κ3) is 3.90. The average Bonchev–Trinajstić information content (AvgIpc) is 2.57. The smallest absolute Gasteiger partial charge is 0.321 e. The van der Waals surface area contributed by atoms with E-state index >= 15 is 0 Å². The van der Waals surface area contributed by atoms with Crippen molar-refractivity contribution in [1.82, 2.24) is 10.3 Å². The fraction of sp³-hybridized carbons (Fsp3) is 0.0588. The van der Waals surface area contributed by atoms with Gasteiger partial charge in [-0.15, -0.1) is 0 Å². The minimum atomic E-state index is -0.364. The van der Waals surface area contributed by atoms with Crippen LogP contribution in [0, 0.1) is 0 Å². The summed E-state index contributed by atoms with van der Waals surface area (Å²) in [6, 6.07) is 15.9. The quantitative estimate of drug-likeness (QED) is 0.711. The number of rotatable bonds is 4. The predicted octanol–water partition coefficient (Wildman–Crippen LogP) is 4.05. The van der Waals surface area contributed by atoms with Gasteiger partial charge in [0.25, 0.3) is 0 Å². The summed E-state index contributed by atoms with van der Waals surface area (Å²) in [6.45, 7) is 0.0473. The number of fused-ring (bicyclic) bond motifs is 1. The van der Waals surface area contributed by atoms with E-state index in [4.69, 9.17) is 16.3 Å². The summed E-state index contributed by atoms with van der Waals surface area (Å²) in [6.07, 6.45) is 1.69. The number of nitrogens with one attached hydrogen (secondary N) is 2. The summed E-state index contributed by atoms with van der Waals surface area (Å²) in [7, 11) is 0. The molecule has 2 amide bonds. The molecule has 0 saturated heterocycles. The van der Waals surface area contributed by atoms with E-state index in [2.05, 4.69) is 15.6 Å². The van der Waals surface area contributed by atoms with E-state index in [1.54, 1.807) is 36.5 Å². The van der Waals surface area contributed by atoms with Gasteiger partial charge in [-0.25, -0.2) is 4.79 Å². The van der Waals surface area contributed by atoms with Crippen molar-refractivity contribution >= 4 is 34.2 Å². The first kappa shape index (κ1) is 15.1. The zero-order chi connectivity index (χ0) is 16.1. The second-order valence-electron chi connectivity index (χ2n) is 4.75. The number of carbonyl (C=O) groups excluding carboxylic acids is 1. The van der Waals surface area contributed by atoms with Gasteiger partial charge in [-0.05, 0) is 36.4 Å². The number of urea groups is 1. The number of ether oxygens (including phenoxy) is 1. The van der Waals surface area contributed by atoms with Gasteiger partial charge < -0.3 is 15.4 Å². The number of para-hydroxylation sites is 1. The zero-order valence-electron chi connectivity index (χ0n) is 12.1. The molecular weight excluding hydrogens is 314 g/mol. The highest BCUT2D eigenvalue weighted by Crippen LogP contribution is 2.20. The molecule has 23 heavy (non-hydrogen) atoms. The average molecular weight is 328 g/mol. The Balaban J connectivity index is 1.57. The number of nitrogens with zero attached hydrogens (tertiary/aromatic N) is 1. The highest BCUT2D eigenvalue weighted by molar-refractivity contribution is 6.30. The molecule has 0 unspecified atom stereocenters. The molecule has 0 aliphatic carbocycles. The number of anilines is 1. The molecule has 1 aromatic heterocycles. The van der Waals surface area contributed by atoms with E-state index in [1.807, 2.05) is 24.3 Å². The molecule has 3 aromatic rings. The Bertz CT molecular complexity index is 816. The molecule has 1 heterocycles. The number of aromatic nitrogens is 1. The highest BCUT2D eigenvalue weighted by atomic mass is 35.5. The van der Waals surface area contributed by atoms with Crippen LogP contribution in [0.3, 0.4) is 0 Å². The Labute approximate surface area is 138 Å². The van der Waals surface area contributed by atoms with E-state index in [-0.39, 0.29) is 12.8 Å². The van der Waals surface area contributed by atoms with Crippen molar-refractivity contribution in [3.8, 4) is 5.75 Å². The summed E-state index contributed by atoms with van der Waals surface area (Å²) in [4.78, 5) is 16.2.